The Kier molecular flexibility index (Phi) is 3.60. The molecule has 3 rings (SSSR count). The van der Waals surface area contributed by atoms with Gasteiger partial charge in [-0.3, -0.25) is 0 Å². The van der Waals surface area contributed by atoms with E-state index < -0.39 is 0 Å². The highest BCUT2D eigenvalue weighted by Crippen LogP contribution is 2.32. The van der Waals surface area contributed by atoms with Crippen LogP contribution >= 0.6 is 0 Å². The third-order valence-electron chi connectivity index (χ3n) is 3.53. The van der Waals surface area contributed by atoms with Gasteiger partial charge in [-0.05, 0) is 23.3 Å². The second-order valence-electron chi connectivity index (χ2n) is 4.90. The van der Waals surface area contributed by atoms with Crippen molar-refractivity contribution >= 4 is 0 Å². The topological polar surface area (TPSA) is 23.4 Å². The van der Waals surface area contributed by atoms with E-state index in [1.807, 2.05) is 48.7 Å². The zero-order valence-corrected chi connectivity index (χ0v) is 12.0. The fourth-order valence-corrected chi connectivity index (χ4v) is 2.53. The smallest absolute Gasteiger partial charge is 0.453 e. The highest BCUT2D eigenvalue weighted by molar-refractivity contribution is 5.73. The van der Waals surface area contributed by atoms with Crippen molar-refractivity contribution in [3.05, 3.63) is 84.2 Å². The summed E-state index contributed by atoms with van der Waals surface area (Å²) in [6, 6.07) is 20.3. The van der Waals surface area contributed by atoms with Gasteiger partial charge in [-0.15, -0.1) is 0 Å². The number of H-pyrrole nitrogens is 1. The van der Waals surface area contributed by atoms with Crippen LogP contribution in [0.25, 0.3) is 11.1 Å². The van der Waals surface area contributed by atoms with Crippen molar-refractivity contribution in [2.24, 2.45) is 0 Å². The van der Waals surface area contributed by atoms with E-state index in [2.05, 4.69) is 18.2 Å². The molecule has 0 spiro atoms. The lowest BCUT2D eigenvalue weighted by molar-refractivity contribution is -0.378. The normalized spacial score (nSPS) is 11.0. The molecule has 0 aliphatic carbocycles. The minimum absolute atomic E-state index is 0.786. The summed E-state index contributed by atoms with van der Waals surface area (Å²) in [6.45, 7) is 0. The number of aromatic nitrogens is 1. The predicted molar refractivity (Wildman–Crippen MR) is 84.2 cm³/mol. The van der Waals surface area contributed by atoms with Crippen molar-refractivity contribution in [2.45, 2.75) is 6.42 Å². The van der Waals surface area contributed by atoms with Crippen LogP contribution in [-0.4, -0.2) is 7.11 Å². The molecule has 0 saturated heterocycles. The van der Waals surface area contributed by atoms with E-state index in [4.69, 9.17) is 6.15 Å². The Hall–Kier alpha value is -2.61. The molecule has 0 aliphatic rings. The van der Waals surface area contributed by atoms with Crippen molar-refractivity contribution < 1.29 is 11.1 Å². The van der Waals surface area contributed by atoms with Crippen molar-refractivity contribution in [1.82, 2.24) is 0 Å². The molecule has 104 valence electrons. The van der Waals surface area contributed by atoms with Gasteiger partial charge in [0.05, 0.1) is 7.11 Å². The molecule has 0 atom stereocenters. The molecule has 2 aromatic carbocycles. The van der Waals surface area contributed by atoms with Gasteiger partial charge in [-0.25, -0.2) is 4.98 Å². The van der Waals surface area contributed by atoms with Crippen LogP contribution in [0.1, 0.15) is 11.1 Å². The first kappa shape index (κ1) is 12.2. The van der Waals surface area contributed by atoms with E-state index in [9.17, 15) is 0 Å². The van der Waals surface area contributed by atoms with Crippen LogP contribution in [0.4, 0.5) is 0 Å². The minimum atomic E-state index is 0.786. The van der Waals surface area contributed by atoms with Crippen LogP contribution in [0.5, 0.6) is 5.75 Å². The first-order valence-electron chi connectivity index (χ1n) is 7.43. The van der Waals surface area contributed by atoms with Crippen LogP contribution in [0.3, 0.4) is 0 Å². The maximum atomic E-state index is 7.68. The summed E-state index contributed by atoms with van der Waals surface area (Å²) < 4.78 is 13.2. The molecule has 1 heterocycles. The monoisotopic (exact) mass is 277 g/mol. The SMILES string of the molecule is [2H][n+]1cccc(Cc2ccccc2-c2ccccc2OC)c1. The van der Waals surface area contributed by atoms with Crippen LogP contribution in [0.2, 0.25) is 1.41 Å². The third kappa shape index (κ3) is 2.95. The highest BCUT2D eigenvalue weighted by Gasteiger charge is 2.10. The van der Waals surface area contributed by atoms with E-state index >= 15 is 0 Å². The Morgan fingerprint density at radius 1 is 0.952 bits per heavy atom. The van der Waals surface area contributed by atoms with Gasteiger partial charge in [0.1, 0.15) is 5.75 Å². The second kappa shape index (κ2) is 6.23. The lowest BCUT2D eigenvalue weighted by atomic mass is 9.95. The lowest BCUT2D eigenvalue weighted by Gasteiger charge is -2.12. The molecule has 0 bridgehead atoms. The molecule has 0 unspecified atom stereocenters. The number of hydrogen-bond acceptors (Lipinski definition) is 1. The molecule has 1 aromatic heterocycles. The van der Waals surface area contributed by atoms with Crippen molar-refractivity contribution in [3.63, 3.8) is 0 Å². The van der Waals surface area contributed by atoms with Gasteiger partial charge < -0.3 is 4.74 Å². The maximum Gasteiger partial charge on any atom is 0.453 e. The summed E-state index contributed by atoms with van der Waals surface area (Å²) in [6.07, 6.45) is 4.34. The lowest BCUT2D eigenvalue weighted by Crippen LogP contribution is -2.02. The molecular weight excluding hydrogens is 258 g/mol. The summed E-state index contributed by atoms with van der Waals surface area (Å²) in [5.74, 6) is 0.874. The number of aromatic amines is 1. The summed E-state index contributed by atoms with van der Waals surface area (Å²) >= 11 is 0. The number of para-hydroxylation sites is 1. The van der Waals surface area contributed by atoms with Crippen molar-refractivity contribution in [3.8, 4) is 16.9 Å². The maximum absolute atomic E-state index is 7.68. The Morgan fingerprint density at radius 2 is 1.71 bits per heavy atom. The summed E-state index contributed by atoms with van der Waals surface area (Å²) in [4.78, 5) is 1.33. The fourth-order valence-electron chi connectivity index (χ4n) is 2.53. The molecule has 0 radical (unpaired) electrons. The van der Waals surface area contributed by atoms with Gasteiger partial charge >= 0.3 is 1.41 Å². The average Bonchev–Trinajstić information content (AvgIpc) is 2.55. The Bertz CT molecular complexity index is 786. The molecule has 2 nitrogen and oxygen atoms in total. The number of methoxy groups -OCH3 is 1. The first-order chi connectivity index (χ1) is 10.8. The average molecular weight is 277 g/mol. The predicted octanol–water partition coefficient (Wildman–Crippen LogP) is 3.77. The van der Waals surface area contributed by atoms with E-state index in [1.54, 1.807) is 13.3 Å². The number of hydrogen-bond donors (Lipinski definition) is 0. The molecule has 2 heteroatoms. The molecule has 3 aromatic rings. The Morgan fingerprint density at radius 3 is 2.52 bits per heavy atom. The number of nitrogens with one attached hydrogen (secondary N) is 1. The number of benzene rings is 2. The van der Waals surface area contributed by atoms with Crippen LogP contribution in [0, 0.1) is 0 Å². The molecule has 0 saturated carbocycles. The van der Waals surface area contributed by atoms with E-state index in [0.29, 0.717) is 0 Å². The van der Waals surface area contributed by atoms with Gasteiger partial charge in [0, 0.05) is 23.6 Å². The van der Waals surface area contributed by atoms with Gasteiger partial charge in [-0.1, -0.05) is 42.5 Å². The van der Waals surface area contributed by atoms with Crippen molar-refractivity contribution in [2.75, 3.05) is 7.11 Å². The summed E-state index contributed by atoms with van der Waals surface area (Å²) in [5.41, 5.74) is 4.59. The number of ether oxygens (including phenoxy) is 1. The third-order valence-corrected chi connectivity index (χ3v) is 3.53. The second-order valence-corrected chi connectivity index (χ2v) is 4.90. The fraction of sp³-hybridized carbons (Fsp3) is 0.105. The highest BCUT2D eigenvalue weighted by atomic mass is 16.5. The molecule has 0 fully saturated rings. The molecular formula is C19H18NO+. The number of pyridine rings is 1. The molecule has 1 N–H and O–H groups in total. The summed E-state index contributed by atoms with van der Waals surface area (Å²) in [7, 11) is 1.70. The Labute approximate surface area is 126 Å². The van der Waals surface area contributed by atoms with Gasteiger partial charge in [0.2, 0.25) is 0 Å². The minimum Gasteiger partial charge on any atom is -0.496 e. The van der Waals surface area contributed by atoms with E-state index in [-0.39, 0.29) is 0 Å². The zero-order valence-electron chi connectivity index (χ0n) is 13.0. The standard InChI is InChI=1S/C19H17NO/c1-21-19-11-5-4-10-18(19)17-9-3-2-8-16(17)13-15-7-6-12-20-14-15/h2-12,14H,13H2,1H3/p+1/i/hD. The van der Waals surface area contributed by atoms with Crippen LogP contribution < -0.4 is 9.71 Å². The van der Waals surface area contributed by atoms with E-state index in [1.165, 1.54) is 16.1 Å². The number of rotatable bonds is 4. The Balaban J connectivity index is 2.03. The quantitative estimate of drug-likeness (QED) is 0.712. The largest absolute Gasteiger partial charge is 0.496 e. The van der Waals surface area contributed by atoms with Gasteiger partial charge in [-0.2, -0.15) is 0 Å². The molecule has 21 heavy (non-hydrogen) atoms. The van der Waals surface area contributed by atoms with Gasteiger partial charge in [0.15, 0.2) is 12.4 Å². The zero-order chi connectivity index (χ0) is 15.4. The van der Waals surface area contributed by atoms with Crippen LogP contribution in [-0.2, 0) is 6.42 Å². The summed E-state index contributed by atoms with van der Waals surface area (Å²) in [5, 5.41) is 0. The first-order valence-corrected chi connectivity index (χ1v) is 6.98. The van der Waals surface area contributed by atoms with Gasteiger partial charge in [0.25, 0.3) is 0 Å². The van der Waals surface area contributed by atoms with Crippen LogP contribution in [0.15, 0.2) is 73.1 Å². The van der Waals surface area contributed by atoms with Crippen molar-refractivity contribution in [1.29, 1.82) is 0 Å². The van der Waals surface area contributed by atoms with E-state index in [0.717, 1.165) is 23.3 Å². The molecule has 0 amide bonds. The molecule has 0 aliphatic heterocycles.